The maximum atomic E-state index is 14.5. The largest absolute Gasteiger partial charge is 0.497 e. The molecule has 2 aliphatic rings. The zero-order valence-corrected chi connectivity index (χ0v) is 18.2. The van der Waals surface area contributed by atoms with Crippen LogP contribution in [0.25, 0.3) is 0 Å². The fourth-order valence-corrected chi connectivity index (χ4v) is 4.95. The van der Waals surface area contributed by atoms with Gasteiger partial charge >= 0.3 is 0 Å². The molecule has 0 aliphatic carbocycles. The van der Waals surface area contributed by atoms with Crippen molar-refractivity contribution in [3.63, 3.8) is 0 Å². The Balaban J connectivity index is 1.47. The van der Waals surface area contributed by atoms with Gasteiger partial charge in [-0.15, -0.1) is 0 Å². The van der Waals surface area contributed by atoms with Gasteiger partial charge in [-0.25, -0.2) is 8.78 Å². The molecule has 7 heteroatoms. The lowest BCUT2D eigenvalue weighted by Gasteiger charge is -2.31. The number of carbonyl (C=O) groups is 2. The third kappa shape index (κ3) is 4.76. The standard InChI is InChI=1S/C25H28F2N2O3/c1-32-20-8-9-21(27)18(15-20)16-25(12-10-23(30)28-25)13-11-24(31)29-14-2-3-22(29)17-4-6-19(26)7-5-17/h4-9,15,22H,2-3,10-14,16H2,1H3,(H,28,30). The number of hydrogen-bond acceptors (Lipinski definition) is 3. The molecule has 170 valence electrons. The van der Waals surface area contributed by atoms with E-state index < -0.39 is 5.54 Å². The molecule has 2 aromatic rings. The summed E-state index contributed by atoms with van der Waals surface area (Å²) in [5.74, 6) is -0.174. The quantitative estimate of drug-likeness (QED) is 0.695. The average molecular weight is 443 g/mol. The van der Waals surface area contributed by atoms with Gasteiger partial charge in [0.1, 0.15) is 17.4 Å². The molecule has 2 aromatic carbocycles. The first kappa shape index (κ1) is 22.2. The molecular formula is C25H28F2N2O3. The first-order valence-electron chi connectivity index (χ1n) is 11.1. The smallest absolute Gasteiger partial charge is 0.223 e. The van der Waals surface area contributed by atoms with Gasteiger partial charge in [-0.05, 0) is 73.6 Å². The Hall–Kier alpha value is -2.96. The predicted octanol–water partition coefficient (Wildman–Crippen LogP) is 4.31. The number of ether oxygens (including phenoxy) is 1. The van der Waals surface area contributed by atoms with Crippen molar-refractivity contribution in [1.29, 1.82) is 0 Å². The number of hydrogen-bond donors (Lipinski definition) is 1. The van der Waals surface area contributed by atoms with Crippen molar-refractivity contribution in [1.82, 2.24) is 10.2 Å². The summed E-state index contributed by atoms with van der Waals surface area (Å²) >= 11 is 0. The molecule has 5 nitrogen and oxygen atoms in total. The van der Waals surface area contributed by atoms with Gasteiger partial charge in [-0.3, -0.25) is 9.59 Å². The van der Waals surface area contributed by atoms with E-state index in [2.05, 4.69) is 5.32 Å². The predicted molar refractivity (Wildman–Crippen MR) is 116 cm³/mol. The minimum Gasteiger partial charge on any atom is -0.497 e. The molecule has 0 bridgehead atoms. The molecule has 2 amide bonds. The zero-order chi connectivity index (χ0) is 22.7. The van der Waals surface area contributed by atoms with Crippen LogP contribution in [0.5, 0.6) is 5.75 Å². The van der Waals surface area contributed by atoms with E-state index >= 15 is 0 Å². The third-order valence-electron chi connectivity index (χ3n) is 6.66. The summed E-state index contributed by atoms with van der Waals surface area (Å²) in [7, 11) is 1.52. The van der Waals surface area contributed by atoms with Crippen LogP contribution in [0.4, 0.5) is 8.78 Å². The second kappa shape index (κ2) is 9.27. The monoisotopic (exact) mass is 442 g/mol. The summed E-state index contributed by atoms with van der Waals surface area (Å²) < 4.78 is 33.0. The van der Waals surface area contributed by atoms with E-state index in [0.717, 1.165) is 18.4 Å². The Bertz CT molecular complexity index is 995. The molecule has 2 unspecified atom stereocenters. The highest BCUT2D eigenvalue weighted by Crippen LogP contribution is 2.35. The van der Waals surface area contributed by atoms with Crippen LogP contribution in [0, 0.1) is 11.6 Å². The Morgan fingerprint density at radius 2 is 2.00 bits per heavy atom. The number of benzene rings is 2. The summed E-state index contributed by atoms with van der Waals surface area (Å²) in [6, 6.07) is 10.8. The van der Waals surface area contributed by atoms with Crippen LogP contribution in [0.3, 0.4) is 0 Å². The number of amides is 2. The van der Waals surface area contributed by atoms with Gasteiger partial charge < -0.3 is 15.0 Å². The van der Waals surface area contributed by atoms with E-state index in [1.165, 1.54) is 25.3 Å². The third-order valence-corrected chi connectivity index (χ3v) is 6.66. The molecule has 2 aliphatic heterocycles. The number of nitrogens with one attached hydrogen (secondary N) is 1. The number of halogens is 2. The van der Waals surface area contributed by atoms with Crippen molar-refractivity contribution in [3.05, 3.63) is 65.2 Å². The average Bonchev–Trinajstić information content (AvgIpc) is 3.42. The second-order valence-corrected chi connectivity index (χ2v) is 8.76. The van der Waals surface area contributed by atoms with Crippen LogP contribution in [0.1, 0.15) is 55.7 Å². The summed E-state index contributed by atoms with van der Waals surface area (Å²) in [6.45, 7) is 0.657. The zero-order valence-electron chi connectivity index (χ0n) is 18.2. The number of carbonyl (C=O) groups excluding carboxylic acids is 2. The van der Waals surface area contributed by atoms with Crippen molar-refractivity contribution in [2.75, 3.05) is 13.7 Å². The Kier molecular flexibility index (Phi) is 6.44. The van der Waals surface area contributed by atoms with Gasteiger partial charge in [0.2, 0.25) is 11.8 Å². The van der Waals surface area contributed by atoms with Crippen molar-refractivity contribution < 1.29 is 23.1 Å². The Morgan fingerprint density at radius 1 is 1.22 bits per heavy atom. The molecular weight excluding hydrogens is 414 g/mol. The maximum absolute atomic E-state index is 14.5. The van der Waals surface area contributed by atoms with Crippen LogP contribution < -0.4 is 10.1 Å². The van der Waals surface area contributed by atoms with E-state index in [4.69, 9.17) is 4.74 Å². The molecule has 32 heavy (non-hydrogen) atoms. The molecule has 1 N–H and O–H groups in total. The molecule has 0 aromatic heterocycles. The van der Waals surface area contributed by atoms with Crippen molar-refractivity contribution in [2.24, 2.45) is 0 Å². The van der Waals surface area contributed by atoms with Gasteiger partial charge in [0, 0.05) is 24.9 Å². The molecule has 2 fully saturated rings. The molecule has 2 atom stereocenters. The lowest BCUT2D eigenvalue weighted by molar-refractivity contribution is -0.132. The van der Waals surface area contributed by atoms with E-state index in [9.17, 15) is 18.4 Å². The van der Waals surface area contributed by atoms with Crippen LogP contribution in [-0.4, -0.2) is 35.9 Å². The second-order valence-electron chi connectivity index (χ2n) is 8.76. The van der Waals surface area contributed by atoms with E-state index in [-0.39, 0.29) is 35.9 Å². The van der Waals surface area contributed by atoms with E-state index in [0.29, 0.717) is 43.5 Å². The van der Waals surface area contributed by atoms with Crippen LogP contribution in [0.15, 0.2) is 42.5 Å². The summed E-state index contributed by atoms with van der Waals surface area (Å²) in [6.07, 6.45) is 3.64. The topological polar surface area (TPSA) is 58.6 Å². The van der Waals surface area contributed by atoms with Crippen LogP contribution in [-0.2, 0) is 16.0 Å². The normalized spacial score (nSPS) is 22.8. The van der Waals surface area contributed by atoms with Crippen LogP contribution in [0.2, 0.25) is 0 Å². The number of methoxy groups -OCH3 is 1. The lowest BCUT2D eigenvalue weighted by Crippen LogP contribution is -2.45. The minimum atomic E-state index is -0.662. The summed E-state index contributed by atoms with van der Waals surface area (Å²) in [4.78, 5) is 27.1. The van der Waals surface area contributed by atoms with Gasteiger partial charge in [0.05, 0.1) is 13.2 Å². The van der Waals surface area contributed by atoms with Gasteiger partial charge in [0.25, 0.3) is 0 Å². The van der Waals surface area contributed by atoms with Gasteiger partial charge in [0.15, 0.2) is 0 Å². The Morgan fingerprint density at radius 3 is 2.69 bits per heavy atom. The van der Waals surface area contributed by atoms with Crippen molar-refractivity contribution in [2.45, 2.75) is 56.5 Å². The highest BCUT2D eigenvalue weighted by atomic mass is 19.1. The minimum absolute atomic E-state index is 0.00321. The van der Waals surface area contributed by atoms with Crippen molar-refractivity contribution in [3.8, 4) is 5.75 Å². The Labute approximate surface area is 186 Å². The number of rotatable bonds is 7. The fraction of sp³-hybridized carbons (Fsp3) is 0.440. The first-order valence-corrected chi connectivity index (χ1v) is 11.1. The van der Waals surface area contributed by atoms with Gasteiger partial charge in [-0.2, -0.15) is 0 Å². The van der Waals surface area contributed by atoms with E-state index in [1.54, 1.807) is 24.3 Å². The number of nitrogens with zero attached hydrogens (tertiary/aromatic N) is 1. The highest BCUT2D eigenvalue weighted by Gasteiger charge is 2.39. The lowest BCUT2D eigenvalue weighted by atomic mass is 9.84. The van der Waals surface area contributed by atoms with Crippen molar-refractivity contribution >= 4 is 11.8 Å². The summed E-state index contributed by atoms with van der Waals surface area (Å²) in [5, 5.41) is 3.02. The van der Waals surface area contributed by atoms with E-state index in [1.807, 2.05) is 4.90 Å². The molecule has 2 heterocycles. The van der Waals surface area contributed by atoms with Gasteiger partial charge in [-0.1, -0.05) is 12.1 Å². The first-order chi connectivity index (χ1) is 15.4. The van der Waals surface area contributed by atoms with Crippen LogP contribution >= 0.6 is 0 Å². The molecule has 4 rings (SSSR count). The SMILES string of the molecule is COc1ccc(F)c(CC2(CCC(=O)N3CCCC3c3ccc(F)cc3)CCC(=O)N2)c1. The fourth-order valence-electron chi connectivity index (χ4n) is 4.95. The number of likely N-dealkylation sites (tertiary alicyclic amines) is 1. The highest BCUT2D eigenvalue weighted by molar-refractivity contribution is 5.80. The molecule has 0 spiro atoms. The maximum Gasteiger partial charge on any atom is 0.223 e. The molecule has 2 saturated heterocycles. The molecule has 0 radical (unpaired) electrons. The molecule has 0 saturated carbocycles. The summed E-state index contributed by atoms with van der Waals surface area (Å²) in [5.41, 5.74) is 0.731.